The van der Waals surface area contributed by atoms with Gasteiger partial charge in [0, 0.05) is 16.6 Å². The summed E-state index contributed by atoms with van der Waals surface area (Å²) < 4.78 is 99.7. The zero-order valence-corrected chi connectivity index (χ0v) is 18.1. The average molecular weight is 507 g/mol. The summed E-state index contributed by atoms with van der Waals surface area (Å²) in [6.07, 6.45) is -3.33. The zero-order valence-electron chi connectivity index (χ0n) is 19.5. The van der Waals surface area contributed by atoms with Gasteiger partial charge in [0.05, 0.1) is 27.3 Å². The zero-order chi connectivity index (χ0) is 26.8. The number of hydrogen-bond acceptors (Lipinski definition) is 4. The lowest BCUT2D eigenvalue weighted by Crippen LogP contribution is -2.15. The number of rotatable bonds is 6. The third-order valence-corrected chi connectivity index (χ3v) is 5.33. The van der Waals surface area contributed by atoms with Crippen LogP contribution in [0.3, 0.4) is 0 Å². The first-order valence-corrected chi connectivity index (χ1v) is 10.5. The third kappa shape index (κ3) is 5.69. The number of carbonyl (C=O) groups is 1. The van der Waals surface area contributed by atoms with Gasteiger partial charge in [0.25, 0.3) is 5.91 Å². The Morgan fingerprint density at radius 1 is 1.06 bits per heavy atom. The van der Waals surface area contributed by atoms with E-state index in [1.807, 2.05) is 0 Å². The van der Waals surface area contributed by atoms with Crippen molar-refractivity contribution < 1.29 is 40.3 Å². The van der Waals surface area contributed by atoms with E-state index in [-0.39, 0.29) is 10.6 Å². The molecule has 0 atom stereocenters. The monoisotopic (exact) mass is 506 g/mol. The molecule has 0 aromatic heterocycles. The predicted octanol–water partition coefficient (Wildman–Crippen LogP) is 7.41. The standard InChI is InChI=1S/C22H15ClF5NO3S/c1-31-19-7-11(24)3-6-17(19)32-18-10-14(22(26,27)28)15(23)9-13(18)21(30)29-12-4-5-16(25)20(8-12)33-2/h3-10H,1-2H3,(H,29,30)/i1D3. The van der Waals surface area contributed by atoms with E-state index in [9.17, 15) is 26.7 Å². The maximum absolute atomic E-state index is 13.8. The number of anilines is 1. The van der Waals surface area contributed by atoms with E-state index in [2.05, 4.69) is 10.1 Å². The van der Waals surface area contributed by atoms with Gasteiger partial charge in [-0.05, 0) is 48.7 Å². The van der Waals surface area contributed by atoms with Crippen LogP contribution in [0.1, 0.15) is 20.0 Å². The van der Waals surface area contributed by atoms with Gasteiger partial charge in [0.15, 0.2) is 11.5 Å². The molecule has 0 spiro atoms. The molecule has 0 saturated heterocycles. The Kier molecular flexibility index (Phi) is 6.17. The molecule has 1 N–H and O–H groups in total. The number of thioether (sulfide) groups is 1. The fourth-order valence-corrected chi connectivity index (χ4v) is 3.51. The molecule has 0 aliphatic heterocycles. The van der Waals surface area contributed by atoms with Gasteiger partial charge in [-0.1, -0.05) is 11.6 Å². The molecule has 4 nitrogen and oxygen atoms in total. The summed E-state index contributed by atoms with van der Waals surface area (Å²) in [7, 11) is -3.04. The fourth-order valence-electron chi connectivity index (χ4n) is 2.73. The Bertz CT molecular complexity index is 1310. The largest absolute Gasteiger partial charge is 0.493 e. The summed E-state index contributed by atoms with van der Waals surface area (Å²) in [6, 6.07) is 7.22. The van der Waals surface area contributed by atoms with Crippen molar-refractivity contribution in [3.63, 3.8) is 0 Å². The fraction of sp³-hybridized carbons (Fsp3) is 0.136. The highest BCUT2D eigenvalue weighted by Gasteiger charge is 2.35. The number of ether oxygens (including phenoxy) is 2. The van der Waals surface area contributed by atoms with Crippen molar-refractivity contribution in [1.82, 2.24) is 0 Å². The molecular weight excluding hydrogens is 489 g/mol. The van der Waals surface area contributed by atoms with Gasteiger partial charge in [-0.3, -0.25) is 4.79 Å². The summed E-state index contributed by atoms with van der Waals surface area (Å²) in [4.78, 5) is 13.2. The SMILES string of the molecule is [2H]C([2H])([2H])Oc1cc(F)ccc1Oc1cc(C(F)(F)F)c(Cl)cc1C(=O)Nc1ccc(F)c(SC)c1. The second-order valence-electron chi connectivity index (χ2n) is 6.42. The number of carbonyl (C=O) groups excluding carboxylic acids is 1. The molecule has 0 aliphatic rings. The maximum Gasteiger partial charge on any atom is 0.417 e. The quantitative estimate of drug-likeness (QED) is 0.279. The Morgan fingerprint density at radius 2 is 1.82 bits per heavy atom. The molecule has 33 heavy (non-hydrogen) atoms. The highest BCUT2D eigenvalue weighted by atomic mass is 35.5. The van der Waals surface area contributed by atoms with Crippen molar-refractivity contribution in [2.45, 2.75) is 11.1 Å². The smallest absolute Gasteiger partial charge is 0.417 e. The van der Waals surface area contributed by atoms with Crippen molar-refractivity contribution in [3.05, 3.63) is 76.3 Å². The minimum Gasteiger partial charge on any atom is -0.493 e. The van der Waals surface area contributed by atoms with Crippen molar-refractivity contribution in [2.75, 3.05) is 18.6 Å². The van der Waals surface area contributed by atoms with Crippen LogP contribution in [0.2, 0.25) is 5.02 Å². The van der Waals surface area contributed by atoms with E-state index >= 15 is 0 Å². The van der Waals surface area contributed by atoms with Crippen molar-refractivity contribution in [1.29, 1.82) is 0 Å². The van der Waals surface area contributed by atoms with Crippen LogP contribution in [-0.2, 0) is 6.18 Å². The highest BCUT2D eigenvalue weighted by molar-refractivity contribution is 7.98. The molecule has 11 heteroatoms. The van der Waals surface area contributed by atoms with Gasteiger partial charge in [-0.2, -0.15) is 13.2 Å². The van der Waals surface area contributed by atoms with Gasteiger partial charge >= 0.3 is 6.18 Å². The summed E-state index contributed by atoms with van der Waals surface area (Å²) in [6.45, 7) is 0. The van der Waals surface area contributed by atoms with E-state index in [1.165, 1.54) is 12.1 Å². The average Bonchev–Trinajstić information content (AvgIpc) is 2.75. The molecular formula is C22H15ClF5NO3S. The van der Waals surface area contributed by atoms with Gasteiger partial charge in [0.1, 0.15) is 17.4 Å². The second-order valence-corrected chi connectivity index (χ2v) is 7.68. The Labute approximate surface area is 198 Å². The van der Waals surface area contributed by atoms with Crippen LogP contribution >= 0.6 is 23.4 Å². The van der Waals surface area contributed by atoms with Gasteiger partial charge in [-0.25, -0.2) is 8.78 Å². The number of hydrogen-bond donors (Lipinski definition) is 1. The first-order chi connectivity index (χ1) is 16.7. The normalized spacial score (nSPS) is 13.0. The topological polar surface area (TPSA) is 47.6 Å². The molecule has 3 rings (SSSR count). The lowest BCUT2D eigenvalue weighted by atomic mass is 10.1. The van der Waals surface area contributed by atoms with Crippen LogP contribution in [0, 0.1) is 11.6 Å². The minimum absolute atomic E-state index is 0.126. The summed E-state index contributed by atoms with van der Waals surface area (Å²) in [5.41, 5.74) is -1.70. The predicted molar refractivity (Wildman–Crippen MR) is 116 cm³/mol. The molecule has 0 radical (unpaired) electrons. The van der Waals surface area contributed by atoms with Crippen LogP contribution in [0.5, 0.6) is 17.2 Å². The van der Waals surface area contributed by atoms with Crippen molar-refractivity contribution >= 4 is 35.0 Å². The van der Waals surface area contributed by atoms with Gasteiger partial charge in [0.2, 0.25) is 0 Å². The van der Waals surface area contributed by atoms with Crippen LogP contribution in [0.25, 0.3) is 0 Å². The molecule has 3 aromatic carbocycles. The first-order valence-electron chi connectivity index (χ1n) is 10.4. The lowest BCUT2D eigenvalue weighted by molar-refractivity contribution is -0.137. The van der Waals surface area contributed by atoms with E-state index in [0.717, 1.165) is 30.0 Å². The molecule has 3 aromatic rings. The number of alkyl halides is 3. The Morgan fingerprint density at radius 3 is 2.48 bits per heavy atom. The third-order valence-electron chi connectivity index (χ3n) is 4.26. The lowest BCUT2D eigenvalue weighted by Gasteiger charge is -2.17. The van der Waals surface area contributed by atoms with Crippen LogP contribution < -0.4 is 14.8 Å². The summed E-state index contributed by atoms with van der Waals surface area (Å²) in [5.74, 6) is -4.23. The number of benzene rings is 3. The van der Waals surface area contributed by atoms with E-state index < -0.39 is 64.2 Å². The number of amides is 1. The van der Waals surface area contributed by atoms with Crippen LogP contribution in [-0.4, -0.2) is 19.2 Å². The summed E-state index contributed by atoms with van der Waals surface area (Å²) in [5, 5.41) is 1.60. The van der Waals surface area contributed by atoms with Crippen LogP contribution in [0.15, 0.2) is 53.4 Å². The molecule has 174 valence electrons. The van der Waals surface area contributed by atoms with E-state index in [1.54, 1.807) is 6.26 Å². The van der Waals surface area contributed by atoms with Gasteiger partial charge < -0.3 is 14.8 Å². The van der Waals surface area contributed by atoms with Crippen molar-refractivity contribution in [3.8, 4) is 17.2 Å². The summed E-state index contributed by atoms with van der Waals surface area (Å²) >= 11 is 6.85. The second kappa shape index (κ2) is 9.88. The maximum atomic E-state index is 13.8. The molecule has 0 aliphatic carbocycles. The van der Waals surface area contributed by atoms with E-state index in [4.69, 9.17) is 20.5 Å². The Hall–Kier alpha value is -2.98. The van der Waals surface area contributed by atoms with Crippen LogP contribution in [0.4, 0.5) is 27.6 Å². The van der Waals surface area contributed by atoms with Gasteiger partial charge in [-0.15, -0.1) is 11.8 Å². The first kappa shape index (κ1) is 20.6. The molecule has 0 fully saturated rings. The minimum atomic E-state index is -4.94. The molecule has 0 heterocycles. The molecule has 0 unspecified atom stereocenters. The molecule has 0 saturated carbocycles. The van der Waals surface area contributed by atoms with Crippen molar-refractivity contribution in [2.24, 2.45) is 0 Å². The number of halogens is 6. The highest BCUT2D eigenvalue weighted by Crippen LogP contribution is 2.41. The number of methoxy groups -OCH3 is 1. The molecule has 0 bridgehead atoms. The van der Waals surface area contributed by atoms with E-state index in [0.29, 0.717) is 18.2 Å². The molecule has 1 amide bonds. The Balaban J connectivity index is 2.08. The number of nitrogens with one attached hydrogen (secondary N) is 1.